The molecule has 0 saturated carbocycles. The molecule has 0 unspecified atom stereocenters. The van der Waals surface area contributed by atoms with E-state index in [1.54, 1.807) is 13.2 Å². The second kappa shape index (κ2) is 7.73. The maximum atomic E-state index is 11.7. The number of phenolic OH excluding ortho intramolecular Hbond substituents is 1. The van der Waals surface area contributed by atoms with Crippen LogP contribution in [0.2, 0.25) is 0 Å². The first-order chi connectivity index (χ1) is 11.5. The molecule has 2 rings (SSSR count). The summed E-state index contributed by atoms with van der Waals surface area (Å²) in [6, 6.07) is 11.1. The number of benzene rings is 2. The van der Waals surface area contributed by atoms with Gasteiger partial charge in [-0.15, -0.1) is 0 Å². The van der Waals surface area contributed by atoms with Crippen molar-refractivity contribution < 1.29 is 19.4 Å². The van der Waals surface area contributed by atoms with E-state index in [4.69, 9.17) is 4.74 Å². The van der Waals surface area contributed by atoms with Gasteiger partial charge in [0.25, 0.3) is 0 Å². The third kappa shape index (κ3) is 3.98. The van der Waals surface area contributed by atoms with Gasteiger partial charge in [-0.2, -0.15) is 0 Å². The summed E-state index contributed by atoms with van der Waals surface area (Å²) in [6.07, 6.45) is 1.48. The van der Waals surface area contributed by atoms with Gasteiger partial charge in [0.2, 0.25) is 0 Å². The molecule has 5 nitrogen and oxygen atoms in total. The minimum absolute atomic E-state index is 0.0715. The fraction of sp³-hybridized carbons (Fsp3) is 0.316. The summed E-state index contributed by atoms with van der Waals surface area (Å²) in [6.45, 7) is 0. The van der Waals surface area contributed by atoms with Crippen molar-refractivity contribution in [3.63, 3.8) is 0 Å². The number of methoxy groups -OCH3 is 2. The lowest BCUT2D eigenvalue weighted by Gasteiger charge is -2.16. The summed E-state index contributed by atoms with van der Waals surface area (Å²) < 4.78 is 10.1. The molecule has 0 spiro atoms. The smallest absolute Gasteiger partial charge is 0.341 e. The molecule has 0 aliphatic rings. The van der Waals surface area contributed by atoms with Crippen molar-refractivity contribution in [3.8, 4) is 11.5 Å². The maximum Gasteiger partial charge on any atom is 0.341 e. The van der Waals surface area contributed by atoms with Crippen LogP contribution in [0.15, 0.2) is 36.4 Å². The maximum absolute atomic E-state index is 11.7. The largest absolute Gasteiger partial charge is 0.507 e. The monoisotopic (exact) mass is 329 g/mol. The Bertz CT molecular complexity index is 725. The molecular weight excluding hydrogens is 306 g/mol. The number of esters is 1. The summed E-state index contributed by atoms with van der Waals surface area (Å²) in [4.78, 5) is 13.7. The molecule has 0 aliphatic heterocycles. The van der Waals surface area contributed by atoms with E-state index in [9.17, 15) is 9.90 Å². The molecule has 0 aromatic heterocycles. The van der Waals surface area contributed by atoms with Gasteiger partial charge in [-0.3, -0.25) is 0 Å². The highest BCUT2D eigenvalue weighted by molar-refractivity contribution is 5.92. The first-order valence-electron chi connectivity index (χ1n) is 7.70. The number of aryl methyl sites for hydroxylation is 2. The molecule has 0 heterocycles. The van der Waals surface area contributed by atoms with Crippen LogP contribution < -0.4 is 9.64 Å². The van der Waals surface area contributed by atoms with Crippen LogP contribution in [-0.4, -0.2) is 39.4 Å². The van der Waals surface area contributed by atoms with E-state index in [1.807, 2.05) is 37.2 Å². The minimum atomic E-state index is -0.540. The summed E-state index contributed by atoms with van der Waals surface area (Å²) in [5.41, 5.74) is 3.33. The molecule has 0 aliphatic carbocycles. The van der Waals surface area contributed by atoms with Crippen molar-refractivity contribution >= 4 is 11.7 Å². The molecular formula is C19H23NO4. The standard InChI is InChI=1S/C19H23NO4/c1-20(2)15-8-10-18(23-3)14(12-15)7-5-13-6-9-17(21)16(11-13)19(22)24-4/h6,8-12,21H,5,7H2,1-4H3. The number of nitrogens with zero attached hydrogens (tertiary/aromatic N) is 1. The third-order valence-corrected chi connectivity index (χ3v) is 3.93. The van der Waals surface area contributed by atoms with E-state index in [0.717, 1.165) is 35.4 Å². The summed E-state index contributed by atoms with van der Waals surface area (Å²) >= 11 is 0. The summed E-state index contributed by atoms with van der Waals surface area (Å²) in [5, 5.41) is 9.78. The van der Waals surface area contributed by atoms with Crippen LogP contribution in [0.1, 0.15) is 21.5 Å². The highest BCUT2D eigenvalue weighted by Gasteiger charge is 2.13. The highest BCUT2D eigenvalue weighted by Crippen LogP contribution is 2.26. The summed E-state index contributed by atoms with van der Waals surface area (Å²) in [7, 11) is 6.94. The average Bonchev–Trinajstić information content (AvgIpc) is 2.59. The number of aromatic hydroxyl groups is 1. The number of anilines is 1. The molecule has 5 heteroatoms. The van der Waals surface area contributed by atoms with Crippen molar-refractivity contribution in [2.24, 2.45) is 0 Å². The molecule has 0 bridgehead atoms. The number of carbonyl (C=O) groups excluding carboxylic acids is 1. The molecule has 0 fully saturated rings. The van der Waals surface area contributed by atoms with Crippen LogP contribution in [0.25, 0.3) is 0 Å². The van der Waals surface area contributed by atoms with Gasteiger partial charge in [-0.1, -0.05) is 6.07 Å². The molecule has 1 N–H and O–H groups in total. The van der Waals surface area contributed by atoms with E-state index < -0.39 is 5.97 Å². The lowest BCUT2D eigenvalue weighted by molar-refractivity contribution is 0.0597. The van der Waals surface area contributed by atoms with E-state index in [0.29, 0.717) is 0 Å². The number of hydrogen-bond donors (Lipinski definition) is 1. The molecule has 0 radical (unpaired) electrons. The van der Waals surface area contributed by atoms with Crippen LogP contribution in [0.5, 0.6) is 11.5 Å². The molecule has 0 amide bonds. The first-order valence-corrected chi connectivity index (χ1v) is 7.70. The lowest BCUT2D eigenvalue weighted by atomic mass is 10.0. The minimum Gasteiger partial charge on any atom is -0.507 e. The van der Waals surface area contributed by atoms with Crippen LogP contribution in [-0.2, 0) is 17.6 Å². The Morgan fingerprint density at radius 2 is 1.83 bits per heavy atom. The van der Waals surface area contributed by atoms with Crippen LogP contribution in [0.3, 0.4) is 0 Å². The van der Waals surface area contributed by atoms with E-state index >= 15 is 0 Å². The average molecular weight is 329 g/mol. The Labute approximate surface area is 142 Å². The fourth-order valence-electron chi connectivity index (χ4n) is 2.53. The SMILES string of the molecule is COC(=O)c1cc(CCc2cc(N(C)C)ccc2OC)ccc1O. The van der Waals surface area contributed by atoms with Gasteiger partial charge in [-0.05, 0) is 54.3 Å². The number of carbonyl (C=O) groups is 1. The highest BCUT2D eigenvalue weighted by atomic mass is 16.5. The predicted octanol–water partition coefficient (Wildman–Crippen LogP) is 3.04. The molecule has 24 heavy (non-hydrogen) atoms. The Morgan fingerprint density at radius 1 is 1.08 bits per heavy atom. The van der Waals surface area contributed by atoms with Crippen LogP contribution in [0, 0.1) is 0 Å². The van der Waals surface area contributed by atoms with Gasteiger partial charge in [-0.25, -0.2) is 4.79 Å². The van der Waals surface area contributed by atoms with E-state index in [2.05, 4.69) is 10.8 Å². The molecule has 2 aromatic carbocycles. The predicted molar refractivity (Wildman–Crippen MR) is 94.2 cm³/mol. The quantitative estimate of drug-likeness (QED) is 0.826. The van der Waals surface area contributed by atoms with E-state index in [1.165, 1.54) is 13.2 Å². The van der Waals surface area contributed by atoms with Gasteiger partial charge in [0, 0.05) is 19.8 Å². The van der Waals surface area contributed by atoms with Crippen molar-refractivity contribution in [2.45, 2.75) is 12.8 Å². The van der Waals surface area contributed by atoms with Crippen molar-refractivity contribution in [1.29, 1.82) is 0 Å². The lowest BCUT2D eigenvalue weighted by Crippen LogP contribution is -2.09. The molecule has 128 valence electrons. The fourth-order valence-corrected chi connectivity index (χ4v) is 2.53. The number of phenols is 1. The normalized spacial score (nSPS) is 10.3. The first kappa shape index (κ1) is 17.7. The molecule has 2 aromatic rings. The van der Waals surface area contributed by atoms with Crippen molar-refractivity contribution in [2.75, 3.05) is 33.2 Å². The Hall–Kier alpha value is -2.69. The topological polar surface area (TPSA) is 59.0 Å². The van der Waals surface area contributed by atoms with Gasteiger partial charge >= 0.3 is 5.97 Å². The van der Waals surface area contributed by atoms with Crippen molar-refractivity contribution in [3.05, 3.63) is 53.1 Å². The van der Waals surface area contributed by atoms with E-state index in [-0.39, 0.29) is 11.3 Å². The Morgan fingerprint density at radius 3 is 2.46 bits per heavy atom. The molecule has 0 atom stereocenters. The number of hydrogen-bond acceptors (Lipinski definition) is 5. The van der Waals surface area contributed by atoms with Gasteiger partial charge in [0.1, 0.15) is 17.1 Å². The number of ether oxygens (including phenoxy) is 2. The zero-order valence-corrected chi connectivity index (χ0v) is 14.5. The second-order valence-electron chi connectivity index (χ2n) is 5.73. The zero-order chi connectivity index (χ0) is 17.7. The molecule has 0 saturated heterocycles. The Kier molecular flexibility index (Phi) is 5.68. The van der Waals surface area contributed by atoms with Gasteiger partial charge in [0.15, 0.2) is 0 Å². The number of rotatable bonds is 6. The van der Waals surface area contributed by atoms with Crippen molar-refractivity contribution in [1.82, 2.24) is 0 Å². The van der Waals surface area contributed by atoms with Crippen LogP contribution >= 0.6 is 0 Å². The van der Waals surface area contributed by atoms with Gasteiger partial charge < -0.3 is 19.5 Å². The third-order valence-electron chi connectivity index (χ3n) is 3.93. The Balaban J connectivity index is 2.21. The van der Waals surface area contributed by atoms with Crippen LogP contribution in [0.4, 0.5) is 5.69 Å². The zero-order valence-electron chi connectivity index (χ0n) is 14.5. The van der Waals surface area contributed by atoms with Gasteiger partial charge in [0.05, 0.1) is 14.2 Å². The second-order valence-corrected chi connectivity index (χ2v) is 5.73. The summed E-state index contributed by atoms with van der Waals surface area (Å²) in [5.74, 6) is 0.229.